The van der Waals surface area contributed by atoms with Gasteiger partial charge in [0.05, 0.1) is 21.3 Å². The minimum atomic E-state index is -0.329. The Labute approximate surface area is 173 Å². The molecule has 2 aromatic carbocycles. The second kappa shape index (κ2) is 8.83. The van der Waals surface area contributed by atoms with Crippen LogP contribution in [-0.4, -0.2) is 32.2 Å². The van der Waals surface area contributed by atoms with Crippen LogP contribution < -0.4 is 24.8 Å². The Morgan fingerprint density at radius 3 is 2.28 bits per heavy atom. The molecule has 0 unspecified atom stereocenters. The summed E-state index contributed by atoms with van der Waals surface area (Å²) in [6, 6.07) is 9.46. The number of hydrogen-bond donors (Lipinski definition) is 2. The van der Waals surface area contributed by atoms with Gasteiger partial charge in [0.25, 0.3) is 5.91 Å². The van der Waals surface area contributed by atoms with Crippen LogP contribution >= 0.6 is 11.3 Å². The predicted molar refractivity (Wildman–Crippen MR) is 115 cm³/mol. The Hall–Kier alpha value is -3.26. The van der Waals surface area contributed by atoms with E-state index in [2.05, 4.69) is 21.7 Å². The van der Waals surface area contributed by atoms with Crippen LogP contribution in [0.25, 0.3) is 0 Å². The zero-order chi connectivity index (χ0) is 21.0. The number of anilines is 3. The number of aryl methyl sites for hydroxylation is 2. The fourth-order valence-corrected chi connectivity index (χ4v) is 3.56. The zero-order valence-corrected chi connectivity index (χ0v) is 17.8. The second-order valence-electron chi connectivity index (χ2n) is 6.35. The number of nitrogens with one attached hydrogen (secondary N) is 2. The van der Waals surface area contributed by atoms with Gasteiger partial charge in [0.1, 0.15) is 5.69 Å². The first-order valence-electron chi connectivity index (χ1n) is 8.86. The number of ether oxygens (including phenoxy) is 3. The van der Waals surface area contributed by atoms with Crippen LogP contribution in [0.5, 0.6) is 17.2 Å². The van der Waals surface area contributed by atoms with Gasteiger partial charge in [-0.25, -0.2) is 4.98 Å². The summed E-state index contributed by atoms with van der Waals surface area (Å²) >= 11 is 1.37. The van der Waals surface area contributed by atoms with Crippen molar-refractivity contribution < 1.29 is 19.0 Å². The molecule has 0 aliphatic carbocycles. The number of thiazole rings is 1. The molecule has 0 saturated heterocycles. The highest BCUT2D eigenvalue weighted by Crippen LogP contribution is 2.40. The van der Waals surface area contributed by atoms with E-state index in [4.69, 9.17) is 14.2 Å². The van der Waals surface area contributed by atoms with E-state index in [1.54, 1.807) is 17.5 Å². The van der Waals surface area contributed by atoms with E-state index in [0.29, 0.717) is 33.8 Å². The first-order chi connectivity index (χ1) is 13.9. The molecular formula is C21H23N3O4S. The van der Waals surface area contributed by atoms with Crippen molar-refractivity contribution in [1.29, 1.82) is 0 Å². The Kier molecular flexibility index (Phi) is 6.23. The molecule has 8 heteroatoms. The average Bonchev–Trinajstić information content (AvgIpc) is 3.18. The van der Waals surface area contributed by atoms with Gasteiger partial charge < -0.3 is 24.8 Å². The molecule has 0 radical (unpaired) electrons. The smallest absolute Gasteiger partial charge is 0.275 e. The number of nitrogens with zero attached hydrogens (tertiary/aromatic N) is 1. The SMILES string of the molecule is COc1cc(NC(=O)c2csc(Nc3ccc(C)cc3C)n2)cc(OC)c1OC. The van der Waals surface area contributed by atoms with E-state index in [1.165, 1.54) is 38.2 Å². The third kappa shape index (κ3) is 4.60. The molecule has 3 rings (SSSR count). The van der Waals surface area contributed by atoms with Crippen molar-refractivity contribution in [2.75, 3.05) is 32.0 Å². The highest BCUT2D eigenvalue weighted by Gasteiger charge is 2.17. The van der Waals surface area contributed by atoms with Crippen LogP contribution in [-0.2, 0) is 0 Å². The van der Waals surface area contributed by atoms with Crippen molar-refractivity contribution in [2.24, 2.45) is 0 Å². The van der Waals surface area contributed by atoms with Crippen molar-refractivity contribution >= 4 is 33.8 Å². The molecule has 3 aromatic rings. The van der Waals surface area contributed by atoms with Crippen molar-refractivity contribution in [2.45, 2.75) is 13.8 Å². The summed E-state index contributed by atoms with van der Waals surface area (Å²) in [5.41, 5.74) is 4.10. The Morgan fingerprint density at radius 1 is 1.00 bits per heavy atom. The molecule has 0 aliphatic rings. The van der Waals surface area contributed by atoms with Crippen molar-refractivity contribution in [1.82, 2.24) is 4.98 Å². The number of rotatable bonds is 7. The van der Waals surface area contributed by atoms with E-state index in [1.807, 2.05) is 26.0 Å². The maximum Gasteiger partial charge on any atom is 0.275 e. The fraction of sp³-hybridized carbons (Fsp3) is 0.238. The second-order valence-corrected chi connectivity index (χ2v) is 7.21. The lowest BCUT2D eigenvalue weighted by molar-refractivity contribution is 0.102. The molecule has 0 fully saturated rings. The number of methoxy groups -OCH3 is 3. The van der Waals surface area contributed by atoms with Crippen molar-refractivity contribution in [3.05, 3.63) is 52.5 Å². The molecule has 2 N–H and O–H groups in total. The van der Waals surface area contributed by atoms with Crippen molar-refractivity contribution in [3.63, 3.8) is 0 Å². The molecule has 1 amide bonds. The Morgan fingerprint density at radius 2 is 1.69 bits per heavy atom. The topological polar surface area (TPSA) is 81.7 Å². The molecule has 0 spiro atoms. The molecule has 29 heavy (non-hydrogen) atoms. The van der Waals surface area contributed by atoms with E-state index >= 15 is 0 Å². The maximum absolute atomic E-state index is 12.6. The summed E-state index contributed by atoms with van der Waals surface area (Å²) in [6.45, 7) is 4.08. The standard InChI is InChI=1S/C21H23N3O4S/c1-12-6-7-15(13(2)8-12)23-21-24-16(11-29-21)20(25)22-14-9-17(26-3)19(28-5)18(10-14)27-4/h6-11H,1-5H3,(H,22,25)(H,23,24). The van der Waals surface area contributed by atoms with Crippen molar-refractivity contribution in [3.8, 4) is 17.2 Å². The first-order valence-corrected chi connectivity index (χ1v) is 9.74. The molecular weight excluding hydrogens is 390 g/mol. The van der Waals surface area contributed by atoms with Gasteiger partial charge in [-0.2, -0.15) is 0 Å². The Balaban J connectivity index is 1.77. The third-order valence-electron chi connectivity index (χ3n) is 4.28. The Bertz CT molecular complexity index is 1010. The summed E-state index contributed by atoms with van der Waals surface area (Å²) < 4.78 is 15.9. The van der Waals surface area contributed by atoms with Gasteiger partial charge in [-0.15, -0.1) is 11.3 Å². The van der Waals surface area contributed by atoms with Gasteiger partial charge in [0, 0.05) is 28.9 Å². The zero-order valence-electron chi connectivity index (χ0n) is 17.0. The van der Waals surface area contributed by atoms with Gasteiger partial charge in [0.2, 0.25) is 5.75 Å². The monoisotopic (exact) mass is 413 g/mol. The van der Waals surface area contributed by atoms with Crippen LogP contribution in [0.1, 0.15) is 21.6 Å². The van der Waals surface area contributed by atoms with Gasteiger partial charge in [-0.05, 0) is 25.5 Å². The van der Waals surface area contributed by atoms with E-state index in [-0.39, 0.29) is 5.91 Å². The summed E-state index contributed by atoms with van der Waals surface area (Å²) in [5.74, 6) is 1.04. The van der Waals surface area contributed by atoms with Gasteiger partial charge >= 0.3 is 0 Å². The first kappa shape index (κ1) is 20.5. The molecule has 0 atom stereocenters. The van der Waals surface area contributed by atoms with Crippen LogP contribution in [0.15, 0.2) is 35.7 Å². The van der Waals surface area contributed by atoms with Crippen LogP contribution in [0, 0.1) is 13.8 Å². The fourth-order valence-electron chi connectivity index (χ4n) is 2.85. The quantitative estimate of drug-likeness (QED) is 0.580. The molecule has 0 aliphatic heterocycles. The lowest BCUT2D eigenvalue weighted by Crippen LogP contribution is -2.12. The highest BCUT2D eigenvalue weighted by molar-refractivity contribution is 7.14. The van der Waals surface area contributed by atoms with E-state index in [0.717, 1.165) is 11.3 Å². The maximum atomic E-state index is 12.6. The number of aromatic nitrogens is 1. The minimum absolute atomic E-state index is 0.316. The van der Waals surface area contributed by atoms with Gasteiger partial charge in [0.15, 0.2) is 16.6 Å². The molecule has 1 aromatic heterocycles. The molecule has 152 valence electrons. The molecule has 7 nitrogen and oxygen atoms in total. The van der Waals surface area contributed by atoms with Crippen LogP contribution in [0.3, 0.4) is 0 Å². The van der Waals surface area contributed by atoms with Crippen LogP contribution in [0.4, 0.5) is 16.5 Å². The summed E-state index contributed by atoms with van der Waals surface area (Å²) in [4.78, 5) is 17.0. The normalized spacial score (nSPS) is 10.4. The lowest BCUT2D eigenvalue weighted by atomic mass is 10.1. The molecule has 0 bridgehead atoms. The number of carbonyl (C=O) groups is 1. The average molecular weight is 413 g/mol. The van der Waals surface area contributed by atoms with E-state index < -0.39 is 0 Å². The highest BCUT2D eigenvalue weighted by atomic mass is 32.1. The number of amides is 1. The summed E-state index contributed by atoms with van der Waals surface area (Å²) in [7, 11) is 4.57. The number of carbonyl (C=O) groups excluding carboxylic acids is 1. The predicted octanol–water partition coefficient (Wildman–Crippen LogP) is 4.78. The largest absolute Gasteiger partial charge is 0.493 e. The third-order valence-corrected chi connectivity index (χ3v) is 5.04. The lowest BCUT2D eigenvalue weighted by Gasteiger charge is -2.14. The number of benzene rings is 2. The summed E-state index contributed by atoms with van der Waals surface area (Å²) in [6.07, 6.45) is 0. The summed E-state index contributed by atoms with van der Waals surface area (Å²) in [5, 5.41) is 8.43. The molecule has 1 heterocycles. The van der Waals surface area contributed by atoms with Gasteiger partial charge in [-0.3, -0.25) is 4.79 Å². The molecule has 0 saturated carbocycles. The number of hydrogen-bond acceptors (Lipinski definition) is 7. The van der Waals surface area contributed by atoms with Crippen LogP contribution in [0.2, 0.25) is 0 Å². The van der Waals surface area contributed by atoms with Gasteiger partial charge in [-0.1, -0.05) is 17.7 Å². The van der Waals surface area contributed by atoms with E-state index in [9.17, 15) is 4.79 Å². The minimum Gasteiger partial charge on any atom is -0.493 e.